The van der Waals surface area contributed by atoms with Gasteiger partial charge in [0.1, 0.15) is 17.0 Å². The number of fused-ring (bicyclic) bond motifs is 5. The second kappa shape index (κ2) is 12.0. The fourth-order valence-electron chi connectivity index (χ4n) is 7.59. The zero-order valence-corrected chi connectivity index (χ0v) is 27.7. The van der Waals surface area contributed by atoms with Crippen LogP contribution < -0.4 is 0 Å². The second-order valence-corrected chi connectivity index (χ2v) is 13.1. The summed E-state index contributed by atoms with van der Waals surface area (Å²) in [4.78, 5) is 15.6. The quantitative estimate of drug-likeness (QED) is 0.185. The van der Waals surface area contributed by atoms with Gasteiger partial charge in [-0.15, -0.1) is 0 Å². The van der Waals surface area contributed by atoms with Gasteiger partial charge in [0.25, 0.3) is 0 Å². The van der Waals surface area contributed by atoms with E-state index in [1.807, 2.05) is 12.1 Å². The summed E-state index contributed by atoms with van der Waals surface area (Å²) in [5, 5.41) is 6.74. The molecule has 240 valence electrons. The molecule has 9 aromatic rings. The molecule has 0 bridgehead atoms. The van der Waals surface area contributed by atoms with E-state index in [0.717, 1.165) is 61.6 Å². The third kappa shape index (κ3) is 5.03. The van der Waals surface area contributed by atoms with Gasteiger partial charge in [0.05, 0.1) is 0 Å². The van der Waals surface area contributed by atoms with Crippen molar-refractivity contribution in [1.82, 2.24) is 15.0 Å². The lowest BCUT2D eigenvalue weighted by Crippen LogP contribution is -2.08. The van der Waals surface area contributed by atoms with Crippen LogP contribution in [0.5, 0.6) is 0 Å². The summed E-state index contributed by atoms with van der Waals surface area (Å²) in [7, 11) is 0. The average Bonchev–Trinajstić information content (AvgIpc) is 3.59. The maximum atomic E-state index is 6.57. The van der Waals surface area contributed by atoms with E-state index in [-0.39, 0.29) is 5.92 Å². The molecule has 0 N–H and O–H groups in total. The van der Waals surface area contributed by atoms with Crippen molar-refractivity contribution < 1.29 is 4.42 Å². The van der Waals surface area contributed by atoms with Gasteiger partial charge in [-0.3, -0.25) is 0 Å². The predicted octanol–water partition coefficient (Wildman–Crippen LogP) is 12.3. The van der Waals surface area contributed by atoms with E-state index in [2.05, 4.69) is 158 Å². The summed E-state index contributed by atoms with van der Waals surface area (Å²) in [6.07, 6.45) is 9.36. The summed E-state index contributed by atoms with van der Waals surface area (Å²) in [5.74, 6) is 2.11. The van der Waals surface area contributed by atoms with Crippen LogP contribution in [0, 0.1) is 0 Å². The molecular weight excluding hydrogens is 623 g/mol. The minimum absolute atomic E-state index is 0.0499. The average molecular weight is 654 g/mol. The Labute approximate surface area is 295 Å². The van der Waals surface area contributed by atoms with E-state index < -0.39 is 0 Å². The molecule has 1 aliphatic carbocycles. The molecule has 1 unspecified atom stereocenters. The molecule has 10 rings (SSSR count). The molecule has 1 atom stereocenters. The van der Waals surface area contributed by atoms with E-state index in [0.29, 0.717) is 11.6 Å². The molecule has 0 aliphatic heterocycles. The molecule has 2 heterocycles. The highest BCUT2D eigenvalue weighted by molar-refractivity contribution is 6.13. The first-order valence-electron chi connectivity index (χ1n) is 17.4. The molecule has 0 fully saturated rings. The number of hydrogen-bond acceptors (Lipinski definition) is 4. The van der Waals surface area contributed by atoms with Crippen molar-refractivity contribution in [1.29, 1.82) is 0 Å². The number of allylic oxidation sites excluding steroid dienone is 4. The molecule has 0 saturated carbocycles. The highest BCUT2D eigenvalue weighted by atomic mass is 16.3. The number of nitrogens with zero attached hydrogens (tertiary/aromatic N) is 3. The summed E-state index contributed by atoms with van der Waals surface area (Å²) >= 11 is 0. The Hall–Kier alpha value is -6.65. The van der Waals surface area contributed by atoms with E-state index in [1.165, 1.54) is 27.5 Å². The van der Waals surface area contributed by atoms with Crippen molar-refractivity contribution >= 4 is 43.5 Å². The topological polar surface area (TPSA) is 51.8 Å². The molecule has 4 heteroatoms. The van der Waals surface area contributed by atoms with Gasteiger partial charge in [-0.25, -0.2) is 15.0 Å². The number of hydrogen-bond donors (Lipinski definition) is 0. The molecule has 0 saturated heterocycles. The molecule has 0 spiro atoms. The number of furan rings is 1. The van der Waals surface area contributed by atoms with Gasteiger partial charge >= 0.3 is 0 Å². The predicted molar refractivity (Wildman–Crippen MR) is 209 cm³/mol. The van der Waals surface area contributed by atoms with Crippen LogP contribution in [0.3, 0.4) is 0 Å². The van der Waals surface area contributed by atoms with Crippen LogP contribution in [-0.2, 0) is 0 Å². The van der Waals surface area contributed by atoms with Crippen molar-refractivity contribution in [2.24, 2.45) is 0 Å². The third-order valence-electron chi connectivity index (χ3n) is 10.1. The summed E-state index contributed by atoms with van der Waals surface area (Å²) in [5.41, 5.74) is 8.21. The number of aromatic nitrogens is 3. The molecular formula is C47H31N3O. The Morgan fingerprint density at radius 1 is 0.471 bits per heavy atom. The minimum Gasteiger partial charge on any atom is -0.456 e. The second-order valence-electron chi connectivity index (χ2n) is 13.1. The third-order valence-corrected chi connectivity index (χ3v) is 10.1. The van der Waals surface area contributed by atoms with Gasteiger partial charge in [0.15, 0.2) is 11.6 Å². The zero-order chi connectivity index (χ0) is 33.7. The van der Waals surface area contributed by atoms with Gasteiger partial charge in [-0.05, 0) is 74.5 Å². The number of benzene rings is 7. The molecule has 0 amide bonds. The van der Waals surface area contributed by atoms with Gasteiger partial charge in [0, 0.05) is 27.8 Å². The van der Waals surface area contributed by atoms with Gasteiger partial charge in [-0.1, -0.05) is 146 Å². The lowest BCUT2D eigenvalue weighted by atomic mass is 9.94. The fourth-order valence-corrected chi connectivity index (χ4v) is 7.59. The lowest BCUT2D eigenvalue weighted by Gasteiger charge is -2.16. The van der Waals surface area contributed by atoms with E-state index in [1.54, 1.807) is 0 Å². The summed E-state index contributed by atoms with van der Waals surface area (Å²) in [6.45, 7) is 0. The fraction of sp³-hybridized carbons (Fsp3) is 0.0426. The van der Waals surface area contributed by atoms with Crippen LogP contribution in [0.1, 0.15) is 18.2 Å². The molecule has 51 heavy (non-hydrogen) atoms. The van der Waals surface area contributed by atoms with Gasteiger partial charge in [0.2, 0.25) is 0 Å². The molecule has 4 nitrogen and oxygen atoms in total. The Bertz CT molecular complexity index is 2840. The van der Waals surface area contributed by atoms with E-state index >= 15 is 0 Å². The Balaban J connectivity index is 1.17. The highest BCUT2D eigenvalue weighted by Crippen LogP contribution is 2.40. The van der Waals surface area contributed by atoms with Crippen LogP contribution in [0.15, 0.2) is 174 Å². The van der Waals surface area contributed by atoms with Crippen LogP contribution in [0.2, 0.25) is 0 Å². The first kappa shape index (κ1) is 29.3. The number of rotatable bonds is 5. The van der Waals surface area contributed by atoms with Crippen LogP contribution >= 0.6 is 0 Å². The molecule has 7 aromatic carbocycles. The standard InChI is InChI=1S/C47H31N3O/c1-3-13-30(14-4-1)36-27-28-39(38-21-10-9-20-37(36)38)46-48-45(32-16-5-2-6-17-32)49-47(50-46)41-23-12-24-42-44(41)40-26-25-33(29-43(40)51-42)35-22-11-18-31-15-7-8-19-34(31)35/h1-16,18-29,32H,17H2. The molecule has 2 aromatic heterocycles. The van der Waals surface area contributed by atoms with Crippen molar-refractivity contribution in [2.75, 3.05) is 0 Å². The first-order valence-corrected chi connectivity index (χ1v) is 17.4. The van der Waals surface area contributed by atoms with Crippen molar-refractivity contribution in [3.8, 4) is 45.0 Å². The summed E-state index contributed by atoms with van der Waals surface area (Å²) < 4.78 is 6.57. The Morgan fingerprint density at radius 2 is 1.16 bits per heavy atom. The van der Waals surface area contributed by atoms with E-state index in [4.69, 9.17) is 19.4 Å². The highest BCUT2D eigenvalue weighted by Gasteiger charge is 2.22. The maximum absolute atomic E-state index is 6.57. The van der Waals surface area contributed by atoms with Gasteiger partial charge in [-0.2, -0.15) is 0 Å². The lowest BCUT2D eigenvalue weighted by molar-refractivity contribution is 0.669. The maximum Gasteiger partial charge on any atom is 0.164 e. The smallest absolute Gasteiger partial charge is 0.164 e. The van der Waals surface area contributed by atoms with E-state index in [9.17, 15) is 0 Å². The largest absolute Gasteiger partial charge is 0.456 e. The van der Waals surface area contributed by atoms with Gasteiger partial charge < -0.3 is 4.42 Å². The van der Waals surface area contributed by atoms with Crippen LogP contribution in [-0.4, -0.2) is 15.0 Å². The first-order chi connectivity index (χ1) is 25.3. The van der Waals surface area contributed by atoms with Crippen molar-refractivity contribution in [2.45, 2.75) is 12.3 Å². The Morgan fingerprint density at radius 3 is 2.00 bits per heavy atom. The zero-order valence-electron chi connectivity index (χ0n) is 27.7. The molecule has 1 aliphatic rings. The Kier molecular flexibility index (Phi) is 6.91. The van der Waals surface area contributed by atoms with Crippen LogP contribution in [0.25, 0.3) is 88.5 Å². The SMILES string of the molecule is C1=CCC(c2nc(-c3ccc(-c4ccccc4)c4ccccc34)nc(-c3cccc4oc5cc(-c6cccc7ccccc67)ccc5c34)n2)C=C1. The normalized spacial score (nSPS) is 14.2. The monoisotopic (exact) mass is 653 g/mol. The molecule has 0 radical (unpaired) electrons. The van der Waals surface area contributed by atoms with Crippen molar-refractivity contribution in [3.05, 3.63) is 176 Å². The minimum atomic E-state index is 0.0499. The van der Waals surface area contributed by atoms with Crippen molar-refractivity contribution in [3.63, 3.8) is 0 Å². The summed E-state index contributed by atoms with van der Waals surface area (Å²) in [6, 6.07) is 51.1. The van der Waals surface area contributed by atoms with Crippen LogP contribution in [0.4, 0.5) is 0 Å².